The lowest BCUT2D eigenvalue weighted by atomic mass is 9.99. The highest BCUT2D eigenvalue weighted by Crippen LogP contribution is 2.19. The number of amides is 1. The minimum Gasteiger partial charge on any atom is -0.340 e. The molecule has 1 aliphatic rings. The highest BCUT2D eigenvalue weighted by molar-refractivity contribution is 5.76. The first-order chi connectivity index (χ1) is 6.97. The van der Waals surface area contributed by atoms with Gasteiger partial charge in [0, 0.05) is 31.6 Å². The van der Waals surface area contributed by atoms with Crippen LogP contribution in [0.3, 0.4) is 0 Å². The fourth-order valence-corrected chi connectivity index (χ4v) is 1.86. The summed E-state index contributed by atoms with van der Waals surface area (Å²) in [5.74, 6) is 0.252. The van der Waals surface area contributed by atoms with Gasteiger partial charge in [0.25, 0.3) is 0 Å². The smallest absolute Gasteiger partial charge is 0.222 e. The average molecular weight is 213 g/mol. The molecule has 4 heteroatoms. The highest BCUT2D eigenvalue weighted by atomic mass is 16.2. The van der Waals surface area contributed by atoms with Crippen molar-refractivity contribution in [2.75, 3.05) is 33.2 Å². The van der Waals surface area contributed by atoms with Gasteiger partial charge in [0.1, 0.15) is 0 Å². The molecule has 0 saturated carbocycles. The van der Waals surface area contributed by atoms with Crippen LogP contribution in [0.4, 0.5) is 0 Å². The van der Waals surface area contributed by atoms with Crippen LogP contribution in [0.2, 0.25) is 0 Å². The first kappa shape index (κ1) is 12.5. The molecule has 0 atom stereocenters. The van der Waals surface area contributed by atoms with Gasteiger partial charge in [-0.3, -0.25) is 9.69 Å². The predicted molar refractivity (Wildman–Crippen MR) is 61.6 cm³/mol. The third-order valence-corrected chi connectivity index (χ3v) is 3.26. The summed E-state index contributed by atoms with van der Waals surface area (Å²) in [6, 6.07) is 0. The van der Waals surface area contributed by atoms with Gasteiger partial charge >= 0.3 is 0 Å². The number of carbonyl (C=O) groups excluding carboxylic acids is 1. The molecular weight excluding hydrogens is 190 g/mol. The summed E-state index contributed by atoms with van der Waals surface area (Å²) < 4.78 is 0. The van der Waals surface area contributed by atoms with Gasteiger partial charge in [-0.15, -0.1) is 0 Å². The van der Waals surface area contributed by atoms with Crippen LogP contribution in [0, 0.1) is 0 Å². The molecule has 2 N–H and O–H groups in total. The fraction of sp³-hybridized carbons (Fsp3) is 0.909. The normalized spacial score (nSPS) is 21.7. The number of piperazine rings is 1. The van der Waals surface area contributed by atoms with Crippen molar-refractivity contribution in [3.63, 3.8) is 0 Å². The van der Waals surface area contributed by atoms with Crippen molar-refractivity contribution in [2.45, 2.75) is 32.2 Å². The van der Waals surface area contributed by atoms with Crippen molar-refractivity contribution in [1.29, 1.82) is 0 Å². The molecule has 0 aromatic heterocycles. The quantitative estimate of drug-likeness (QED) is 0.732. The molecule has 0 unspecified atom stereocenters. The molecule has 15 heavy (non-hydrogen) atoms. The average Bonchev–Trinajstić information content (AvgIpc) is 2.18. The Balaban J connectivity index is 2.48. The Morgan fingerprint density at radius 2 is 2.07 bits per heavy atom. The molecular formula is C11H23N3O. The largest absolute Gasteiger partial charge is 0.340 e. The molecule has 1 heterocycles. The number of nitrogens with two attached hydrogens (primary N) is 1. The zero-order valence-electron chi connectivity index (χ0n) is 10.1. The standard InChI is InChI=1S/C11H23N3O/c1-11(2)9-14(8-7-13(11)3)10(15)5-4-6-12/h4-9,12H2,1-3H3. The lowest BCUT2D eigenvalue weighted by molar-refractivity contribution is -0.135. The molecule has 0 aromatic rings. The zero-order valence-corrected chi connectivity index (χ0v) is 10.1. The maximum Gasteiger partial charge on any atom is 0.222 e. The topological polar surface area (TPSA) is 49.6 Å². The monoisotopic (exact) mass is 213 g/mol. The Morgan fingerprint density at radius 3 is 2.60 bits per heavy atom. The van der Waals surface area contributed by atoms with Gasteiger partial charge in [-0.05, 0) is 33.9 Å². The third kappa shape index (κ3) is 3.18. The second-order valence-corrected chi connectivity index (χ2v) is 4.94. The van der Waals surface area contributed by atoms with Gasteiger partial charge in [0.05, 0.1) is 0 Å². The van der Waals surface area contributed by atoms with E-state index in [0.717, 1.165) is 26.1 Å². The Labute approximate surface area is 92.4 Å². The Morgan fingerprint density at radius 1 is 1.40 bits per heavy atom. The maximum atomic E-state index is 11.8. The summed E-state index contributed by atoms with van der Waals surface area (Å²) in [5, 5.41) is 0. The second-order valence-electron chi connectivity index (χ2n) is 4.94. The summed E-state index contributed by atoms with van der Waals surface area (Å²) in [4.78, 5) is 16.1. The molecule has 1 fully saturated rings. The number of carbonyl (C=O) groups is 1. The van der Waals surface area contributed by atoms with Gasteiger partial charge in [-0.25, -0.2) is 0 Å². The third-order valence-electron chi connectivity index (χ3n) is 3.26. The van der Waals surface area contributed by atoms with Crippen molar-refractivity contribution < 1.29 is 4.79 Å². The molecule has 1 amide bonds. The number of hydrogen-bond acceptors (Lipinski definition) is 3. The molecule has 0 bridgehead atoms. The fourth-order valence-electron chi connectivity index (χ4n) is 1.86. The van der Waals surface area contributed by atoms with E-state index in [-0.39, 0.29) is 11.4 Å². The van der Waals surface area contributed by atoms with E-state index in [4.69, 9.17) is 5.73 Å². The van der Waals surface area contributed by atoms with E-state index in [2.05, 4.69) is 25.8 Å². The van der Waals surface area contributed by atoms with Crippen LogP contribution in [0.1, 0.15) is 26.7 Å². The Kier molecular flexibility index (Phi) is 4.11. The van der Waals surface area contributed by atoms with E-state index in [0.29, 0.717) is 13.0 Å². The maximum absolute atomic E-state index is 11.8. The summed E-state index contributed by atoms with van der Waals surface area (Å²) in [5.41, 5.74) is 5.50. The van der Waals surface area contributed by atoms with Crippen LogP contribution in [-0.4, -0.2) is 54.5 Å². The van der Waals surface area contributed by atoms with E-state index in [9.17, 15) is 4.79 Å². The minimum absolute atomic E-state index is 0.0939. The summed E-state index contributed by atoms with van der Waals surface area (Å²) in [7, 11) is 2.11. The molecule has 1 saturated heterocycles. The van der Waals surface area contributed by atoms with Crippen LogP contribution in [-0.2, 0) is 4.79 Å². The predicted octanol–water partition coefficient (Wildman–Crippen LogP) is 0.278. The van der Waals surface area contributed by atoms with Crippen molar-refractivity contribution >= 4 is 5.91 Å². The molecule has 1 aliphatic heterocycles. The molecule has 4 nitrogen and oxygen atoms in total. The Bertz CT molecular complexity index is 228. The summed E-state index contributed by atoms with van der Waals surface area (Å²) in [6.07, 6.45) is 1.39. The first-order valence-electron chi connectivity index (χ1n) is 5.66. The lowest BCUT2D eigenvalue weighted by Gasteiger charge is -2.45. The second kappa shape index (κ2) is 4.94. The van der Waals surface area contributed by atoms with Crippen LogP contribution >= 0.6 is 0 Å². The zero-order chi connectivity index (χ0) is 11.5. The van der Waals surface area contributed by atoms with Crippen molar-refractivity contribution in [1.82, 2.24) is 9.80 Å². The number of likely N-dealkylation sites (N-methyl/N-ethyl adjacent to an activating group) is 1. The van der Waals surface area contributed by atoms with Gasteiger partial charge in [0.15, 0.2) is 0 Å². The molecule has 1 rings (SSSR count). The molecule has 0 spiro atoms. The molecule has 0 radical (unpaired) electrons. The first-order valence-corrected chi connectivity index (χ1v) is 5.66. The lowest BCUT2D eigenvalue weighted by Crippen LogP contribution is -2.58. The van der Waals surface area contributed by atoms with E-state index >= 15 is 0 Å². The van der Waals surface area contributed by atoms with Crippen molar-refractivity contribution in [2.24, 2.45) is 5.73 Å². The van der Waals surface area contributed by atoms with Crippen LogP contribution < -0.4 is 5.73 Å². The Hall–Kier alpha value is -0.610. The van der Waals surface area contributed by atoms with Crippen molar-refractivity contribution in [3.05, 3.63) is 0 Å². The number of rotatable bonds is 3. The SMILES string of the molecule is CN1CCN(C(=O)CCCN)CC1(C)C. The van der Waals surface area contributed by atoms with Gasteiger partial charge < -0.3 is 10.6 Å². The number of hydrogen-bond donors (Lipinski definition) is 1. The van der Waals surface area contributed by atoms with Crippen LogP contribution in [0.25, 0.3) is 0 Å². The molecule has 0 aromatic carbocycles. The van der Waals surface area contributed by atoms with Gasteiger partial charge in [-0.2, -0.15) is 0 Å². The number of nitrogens with zero attached hydrogens (tertiary/aromatic N) is 2. The van der Waals surface area contributed by atoms with E-state index in [1.165, 1.54) is 0 Å². The van der Waals surface area contributed by atoms with Crippen LogP contribution in [0.15, 0.2) is 0 Å². The minimum atomic E-state index is 0.0939. The summed E-state index contributed by atoms with van der Waals surface area (Å²) >= 11 is 0. The van der Waals surface area contributed by atoms with Gasteiger partial charge in [-0.1, -0.05) is 0 Å². The molecule has 0 aliphatic carbocycles. The van der Waals surface area contributed by atoms with E-state index in [1.54, 1.807) is 0 Å². The van der Waals surface area contributed by atoms with E-state index < -0.39 is 0 Å². The highest BCUT2D eigenvalue weighted by Gasteiger charge is 2.32. The van der Waals surface area contributed by atoms with E-state index in [1.807, 2.05) is 4.90 Å². The van der Waals surface area contributed by atoms with Gasteiger partial charge in [0.2, 0.25) is 5.91 Å². The van der Waals surface area contributed by atoms with Crippen LogP contribution in [0.5, 0.6) is 0 Å². The summed E-state index contributed by atoms with van der Waals surface area (Å²) in [6.45, 7) is 7.59. The van der Waals surface area contributed by atoms with Crippen molar-refractivity contribution in [3.8, 4) is 0 Å². The molecule has 88 valence electrons.